The number of hydrogen-bond donors (Lipinski definition) is 0. The summed E-state index contributed by atoms with van der Waals surface area (Å²) in [7, 11) is 0. The van der Waals surface area contributed by atoms with Crippen molar-refractivity contribution in [2.45, 2.75) is 13.5 Å². The molecule has 1 aromatic rings. The standard InChI is InChI=1S/C15H18O3/c1-4-13-5-7-14(8-6-13)11-17-9-10-18-15(16)12(2)3/h4-8H,1-2,9-11H2,3H3. The topological polar surface area (TPSA) is 35.5 Å². The van der Waals surface area contributed by atoms with Crippen molar-refractivity contribution in [1.82, 2.24) is 0 Å². The Morgan fingerprint density at radius 2 is 1.94 bits per heavy atom. The Bertz CT molecular complexity index is 418. The van der Waals surface area contributed by atoms with Crippen molar-refractivity contribution in [3.63, 3.8) is 0 Å². The van der Waals surface area contributed by atoms with Crippen molar-refractivity contribution in [3.05, 3.63) is 54.1 Å². The molecule has 0 aliphatic rings. The second-order valence-corrected chi connectivity index (χ2v) is 3.91. The molecule has 0 aromatic heterocycles. The minimum atomic E-state index is -0.381. The van der Waals surface area contributed by atoms with Crippen LogP contribution < -0.4 is 0 Å². The van der Waals surface area contributed by atoms with Gasteiger partial charge in [0.2, 0.25) is 0 Å². The van der Waals surface area contributed by atoms with Crippen LogP contribution in [0.3, 0.4) is 0 Å². The number of benzene rings is 1. The lowest BCUT2D eigenvalue weighted by molar-refractivity contribution is -0.140. The highest BCUT2D eigenvalue weighted by Gasteiger charge is 2.01. The van der Waals surface area contributed by atoms with E-state index in [1.807, 2.05) is 24.3 Å². The number of esters is 1. The summed E-state index contributed by atoms with van der Waals surface area (Å²) in [6.07, 6.45) is 1.79. The van der Waals surface area contributed by atoms with Crippen LogP contribution in [0.1, 0.15) is 18.1 Å². The Morgan fingerprint density at radius 1 is 1.28 bits per heavy atom. The third-order valence-electron chi connectivity index (χ3n) is 2.29. The zero-order valence-corrected chi connectivity index (χ0v) is 10.6. The van der Waals surface area contributed by atoms with Gasteiger partial charge in [0.25, 0.3) is 0 Å². The van der Waals surface area contributed by atoms with Crippen LogP contribution >= 0.6 is 0 Å². The molecule has 0 aliphatic carbocycles. The van der Waals surface area contributed by atoms with E-state index in [4.69, 9.17) is 9.47 Å². The van der Waals surface area contributed by atoms with Gasteiger partial charge in [0, 0.05) is 5.57 Å². The molecule has 3 heteroatoms. The summed E-state index contributed by atoms with van der Waals surface area (Å²) in [4.78, 5) is 11.1. The lowest BCUT2D eigenvalue weighted by Crippen LogP contribution is -2.10. The van der Waals surface area contributed by atoms with E-state index in [9.17, 15) is 4.79 Å². The van der Waals surface area contributed by atoms with E-state index in [1.54, 1.807) is 13.0 Å². The van der Waals surface area contributed by atoms with Crippen LogP contribution in [0.25, 0.3) is 6.08 Å². The summed E-state index contributed by atoms with van der Waals surface area (Å²) >= 11 is 0. The molecular formula is C15H18O3. The first kappa shape index (κ1) is 14.2. The van der Waals surface area contributed by atoms with Crippen LogP contribution in [0.15, 0.2) is 43.0 Å². The van der Waals surface area contributed by atoms with Crippen LogP contribution in [0.5, 0.6) is 0 Å². The maximum Gasteiger partial charge on any atom is 0.333 e. The Kier molecular flexibility index (Phi) is 5.88. The molecule has 0 aliphatic heterocycles. The summed E-state index contributed by atoms with van der Waals surface area (Å²) in [5.74, 6) is -0.381. The normalized spacial score (nSPS) is 9.83. The predicted octanol–water partition coefficient (Wildman–Crippen LogP) is 2.97. The molecule has 0 atom stereocenters. The van der Waals surface area contributed by atoms with E-state index in [0.29, 0.717) is 18.8 Å². The van der Waals surface area contributed by atoms with E-state index in [0.717, 1.165) is 11.1 Å². The third-order valence-corrected chi connectivity index (χ3v) is 2.29. The molecule has 0 unspecified atom stereocenters. The molecule has 3 nitrogen and oxygen atoms in total. The van der Waals surface area contributed by atoms with Crippen LogP contribution in [-0.2, 0) is 20.9 Å². The quantitative estimate of drug-likeness (QED) is 0.421. The van der Waals surface area contributed by atoms with Gasteiger partial charge in [-0.2, -0.15) is 0 Å². The van der Waals surface area contributed by atoms with Gasteiger partial charge >= 0.3 is 5.97 Å². The monoisotopic (exact) mass is 246 g/mol. The number of carbonyl (C=O) groups is 1. The lowest BCUT2D eigenvalue weighted by Gasteiger charge is -2.06. The first-order valence-electron chi connectivity index (χ1n) is 5.75. The first-order chi connectivity index (χ1) is 8.63. The fourth-order valence-electron chi connectivity index (χ4n) is 1.26. The number of ether oxygens (including phenoxy) is 2. The summed E-state index contributed by atoms with van der Waals surface area (Å²) in [6, 6.07) is 7.92. The highest BCUT2D eigenvalue weighted by Crippen LogP contribution is 2.06. The fourth-order valence-corrected chi connectivity index (χ4v) is 1.26. The molecule has 0 fully saturated rings. The predicted molar refractivity (Wildman–Crippen MR) is 72.0 cm³/mol. The molecule has 1 rings (SSSR count). The fraction of sp³-hybridized carbons (Fsp3) is 0.267. The van der Waals surface area contributed by atoms with Gasteiger partial charge in [-0.1, -0.05) is 43.5 Å². The van der Waals surface area contributed by atoms with Crippen LogP contribution in [0.2, 0.25) is 0 Å². The highest BCUT2D eigenvalue weighted by molar-refractivity contribution is 5.86. The maximum absolute atomic E-state index is 11.1. The first-order valence-corrected chi connectivity index (χ1v) is 5.75. The third kappa shape index (κ3) is 4.97. The van der Waals surface area contributed by atoms with Gasteiger partial charge in [-0.05, 0) is 18.1 Å². The van der Waals surface area contributed by atoms with Crippen molar-refractivity contribution in [3.8, 4) is 0 Å². The average Bonchev–Trinajstić information content (AvgIpc) is 2.38. The average molecular weight is 246 g/mol. The second kappa shape index (κ2) is 7.45. The smallest absolute Gasteiger partial charge is 0.333 e. The number of rotatable bonds is 7. The zero-order chi connectivity index (χ0) is 13.4. The lowest BCUT2D eigenvalue weighted by atomic mass is 10.1. The largest absolute Gasteiger partial charge is 0.460 e. The molecule has 1 aromatic carbocycles. The van der Waals surface area contributed by atoms with Crippen molar-refractivity contribution in [2.75, 3.05) is 13.2 Å². The second-order valence-electron chi connectivity index (χ2n) is 3.91. The molecule has 96 valence electrons. The Hall–Kier alpha value is -1.87. The van der Waals surface area contributed by atoms with E-state index in [-0.39, 0.29) is 12.6 Å². The molecule has 0 saturated heterocycles. The minimum Gasteiger partial charge on any atom is -0.460 e. The minimum absolute atomic E-state index is 0.246. The van der Waals surface area contributed by atoms with Crippen molar-refractivity contribution >= 4 is 12.0 Å². The van der Waals surface area contributed by atoms with Gasteiger partial charge < -0.3 is 9.47 Å². The van der Waals surface area contributed by atoms with Crippen molar-refractivity contribution in [1.29, 1.82) is 0 Å². The molecule has 0 radical (unpaired) electrons. The summed E-state index contributed by atoms with van der Waals surface area (Å²) < 4.78 is 10.3. The highest BCUT2D eigenvalue weighted by atomic mass is 16.6. The summed E-state index contributed by atoms with van der Waals surface area (Å²) in [6.45, 7) is 9.93. The molecule has 0 N–H and O–H groups in total. The van der Waals surface area contributed by atoms with E-state index in [2.05, 4.69) is 13.2 Å². The van der Waals surface area contributed by atoms with E-state index >= 15 is 0 Å². The van der Waals surface area contributed by atoms with Crippen LogP contribution in [0, 0.1) is 0 Å². The van der Waals surface area contributed by atoms with Gasteiger partial charge in [-0.15, -0.1) is 0 Å². The summed E-state index contributed by atoms with van der Waals surface area (Å²) in [5, 5.41) is 0. The number of carbonyl (C=O) groups excluding carboxylic acids is 1. The molecule has 0 bridgehead atoms. The van der Waals surface area contributed by atoms with E-state index < -0.39 is 0 Å². The molecule has 0 amide bonds. The number of hydrogen-bond acceptors (Lipinski definition) is 3. The Balaban J connectivity index is 2.19. The maximum atomic E-state index is 11.1. The Morgan fingerprint density at radius 3 is 2.50 bits per heavy atom. The molecule has 18 heavy (non-hydrogen) atoms. The van der Waals surface area contributed by atoms with Gasteiger partial charge in [-0.25, -0.2) is 4.79 Å². The van der Waals surface area contributed by atoms with Crippen molar-refractivity contribution < 1.29 is 14.3 Å². The van der Waals surface area contributed by atoms with Crippen LogP contribution in [0.4, 0.5) is 0 Å². The molecular weight excluding hydrogens is 228 g/mol. The van der Waals surface area contributed by atoms with Crippen LogP contribution in [-0.4, -0.2) is 19.2 Å². The molecule has 0 saturated carbocycles. The van der Waals surface area contributed by atoms with Gasteiger partial charge in [0.1, 0.15) is 6.61 Å². The van der Waals surface area contributed by atoms with Crippen molar-refractivity contribution in [2.24, 2.45) is 0 Å². The van der Waals surface area contributed by atoms with E-state index in [1.165, 1.54) is 0 Å². The van der Waals surface area contributed by atoms with Gasteiger partial charge in [0.15, 0.2) is 0 Å². The molecule has 0 heterocycles. The SMILES string of the molecule is C=Cc1ccc(COCCOC(=O)C(=C)C)cc1. The molecule has 0 spiro atoms. The van der Waals surface area contributed by atoms with Gasteiger partial charge in [-0.3, -0.25) is 0 Å². The zero-order valence-electron chi connectivity index (χ0n) is 10.6. The summed E-state index contributed by atoms with van der Waals surface area (Å²) in [5.41, 5.74) is 2.55. The van der Waals surface area contributed by atoms with Gasteiger partial charge in [0.05, 0.1) is 13.2 Å². The Labute approximate surface area is 108 Å².